The van der Waals surface area contributed by atoms with Gasteiger partial charge in [0.25, 0.3) is 0 Å². The summed E-state index contributed by atoms with van der Waals surface area (Å²) in [6.45, 7) is 0. The molecule has 2 atom stereocenters. The summed E-state index contributed by atoms with van der Waals surface area (Å²) >= 11 is 0. The van der Waals surface area contributed by atoms with Gasteiger partial charge in [-0.3, -0.25) is 0 Å². The Morgan fingerprint density at radius 1 is 1.03 bits per heavy atom. The normalized spacial score (nSPS) is 21.1. The molecule has 34 heavy (non-hydrogen) atoms. The van der Waals surface area contributed by atoms with Gasteiger partial charge in [0.2, 0.25) is 5.75 Å². The summed E-state index contributed by atoms with van der Waals surface area (Å²) in [5, 5.41) is 4.01. The van der Waals surface area contributed by atoms with Crippen LogP contribution in [0.3, 0.4) is 0 Å². The molecule has 2 aliphatic rings. The molecule has 0 N–H and O–H groups in total. The van der Waals surface area contributed by atoms with Crippen molar-refractivity contribution in [2.24, 2.45) is 11.0 Å². The van der Waals surface area contributed by atoms with Gasteiger partial charge in [0.1, 0.15) is 0 Å². The molecule has 1 aromatic carbocycles. The zero-order chi connectivity index (χ0) is 25.0. The van der Waals surface area contributed by atoms with Crippen molar-refractivity contribution in [3.8, 4) is 17.2 Å². The van der Waals surface area contributed by atoms with Crippen molar-refractivity contribution in [1.82, 2.24) is 0 Å². The van der Waals surface area contributed by atoms with Crippen LogP contribution in [0.4, 0.5) is 0 Å². The van der Waals surface area contributed by atoms with Crippen molar-refractivity contribution in [1.29, 1.82) is 0 Å². The van der Waals surface area contributed by atoms with Gasteiger partial charge in [0.15, 0.2) is 17.2 Å². The molecule has 11 heteroatoms. The fourth-order valence-corrected chi connectivity index (χ4v) is 4.77. The van der Waals surface area contributed by atoms with E-state index in [0.717, 1.165) is 5.56 Å². The molecule has 0 saturated heterocycles. The predicted octanol–water partition coefficient (Wildman–Crippen LogP) is 3.36. The van der Waals surface area contributed by atoms with Gasteiger partial charge in [0.05, 0.1) is 52.6 Å². The van der Waals surface area contributed by atoms with Crippen molar-refractivity contribution in [3.05, 3.63) is 44.9 Å². The highest BCUT2D eigenvalue weighted by molar-refractivity contribution is 6.05. The smallest absolute Gasteiger partial charge is 0.335 e. The number of benzene rings is 1. The number of azide groups is 1. The fraction of sp³-hybridized carbons (Fsp3) is 0.478. The molecule has 0 amide bonds. The van der Waals surface area contributed by atoms with Crippen molar-refractivity contribution in [3.63, 3.8) is 0 Å². The van der Waals surface area contributed by atoms with Crippen LogP contribution in [-0.4, -0.2) is 60.3 Å². The number of hydrogen-bond donors (Lipinski definition) is 0. The minimum Gasteiger partial charge on any atom is -0.493 e. The van der Waals surface area contributed by atoms with E-state index in [2.05, 4.69) is 10.0 Å². The minimum atomic E-state index is -1.55. The average molecular weight is 473 g/mol. The lowest BCUT2D eigenvalue weighted by molar-refractivity contribution is -0.141. The first kappa shape index (κ1) is 24.9. The van der Waals surface area contributed by atoms with E-state index < -0.39 is 23.6 Å². The molecule has 0 aliphatic heterocycles. The number of carbonyl (C=O) groups is 2. The first-order valence-electron chi connectivity index (χ1n) is 10.4. The summed E-state index contributed by atoms with van der Waals surface area (Å²) in [6, 6.07) is 1.81. The predicted molar refractivity (Wildman–Crippen MR) is 120 cm³/mol. The summed E-state index contributed by atoms with van der Waals surface area (Å²) in [6.07, 6.45) is 2.43. The zero-order valence-corrected chi connectivity index (χ0v) is 20.0. The lowest BCUT2D eigenvalue weighted by Gasteiger charge is -2.39. The van der Waals surface area contributed by atoms with E-state index in [1.807, 2.05) is 6.07 Å². The van der Waals surface area contributed by atoms with Crippen LogP contribution in [0, 0.1) is 5.92 Å². The van der Waals surface area contributed by atoms with Crippen molar-refractivity contribution >= 4 is 17.5 Å². The fourth-order valence-electron chi connectivity index (χ4n) is 4.77. The molecular weight excluding hydrogens is 446 g/mol. The Balaban J connectivity index is 2.46. The number of ether oxygens (including phenoxy) is 6. The number of methoxy groups -OCH3 is 6. The molecule has 2 aliphatic carbocycles. The number of aryl methyl sites for hydroxylation is 1. The molecule has 0 fully saturated rings. The van der Waals surface area contributed by atoms with Crippen LogP contribution in [0.2, 0.25) is 0 Å². The maximum absolute atomic E-state index is 13.1. The summed E-state index contributed by atoms with van der Waals surface area (Å²) in [7, 11) is 8.33. The Bertz CT molecular complexity index is 1120. The Kier molecular flexibility index (Phi) is 7.38. The first-order valence-corrected chi connectivity index (χ1v) is 10.4. The molecule has 0 radical (unpaired) electrons. The maximum atomic E-state index is 13.1. The van der Waals surface area contributed by atoms with Gasteiger partial charge in [-0.2, -0.15) is 0 Å². The van der Waals surface area contributed by atoms with Crippen molar-refractivity contribution in [2.45, 2.75) is 25.0 Å². The summed E-state index contributed by atoms with van der Waals surface area (Å²) < 4.78 is 32.6. The SMILES string of the molecule is COC(=O)C1=C(C(=O)OC)[C@H]2C(=CC1)c1c(cc(OC)c(OC)c1OC)CC[C@@]2(N=[N+]=[N-])OC. The topological polar surface area (TPSA) is 138 Å². The number of carbonyl (C=O) groups excluding carboxylic acids is 2. The lowest BCUT2D eigenvalue weighted by Crippen LogP contribution is -2.43. The van der Waals surface area contributed by atoms with Gasteiger partial charge >= 0.3 is 11.9 Å². The third-order valence-corrected chi connectivity index (χ3v) is 6.26. The highest BCUT2D eigenvalue weighted by Gasteiger charge is 2.51. The molecule has 1 aromatic rings. The number of nitrogens with zero attached hydrogens (tertiary/aromatic N) is 3. The Morgan fingerprint density at radius 3 is 2.24 bits per heavy atom. The van der Waals surface area contributed by atoms with E-state index in [0.29, 0.717) is 34.8 Å². The summed E-state index contributed by atoms with van der Waals surface area (Å²) in [5.41, 5.74) is 10.0. The quantitative estimate of drug-likeness (QED) is 0.254. The third-order valence-electron chi connectivity index (χ3n) is 6.26. The van der Waals surface area contributed by atoms with E-state index in [9.17, 15) is 15.1 Å². The first-order chi connectivity index (χ1) is 16.4. The van der Waals surface area contributed by atoms with E-state index in [4.69, 9.17) is 28.4 Å². The van der Waals surface area contributed by atoms with Crippen LogP contribution < -0.4 is 14.2 Å². The third kappa shape index (κ3) is 3.82. The lowest BCUT2D eigenvalue weighted by atomic mass is 9.73. The van der Waals surface area contributed by atoms with Gasteiger partial charge < -0.3 is 28.4 Å². The number of rotatable bonds is 7. The number of esters is 2. The average Bonchev–Trinajstić information content (AvgIpc) is 3.01. The molecule has 0 spiro atoms. The highest BCUT2D eigenvalue weighted by Crippen LogP contribution is 2.55. The van der Waals surface area contributed by atoms with Crippen LogP contribution in [0.1, 0.15) is 24.0 Å². The van der Waals surface area contributed by atoms with Crippen LogP contribution >= 0.6 is 0 Å². The van der Waals surface area contributed by atoms with Gasteiger partial charge in [-0.05, 0) is 42.0 Å². The summed E-state index contributed by atoms with van der Waals surface area (Å²) in [5.74, 6) is -1.24. The molecule has 0 heterocycles. The second kappa shape index (κ2) is 10.1. The van der Waals surface area contributed by atoms with Crippen LogP contribution in [0.5, 0.6) is 17.2 Å². The van der Waals surface area contributed by atoms with Crippen LogP contribution in [0.15, 0.2) is 28.4 Å². The van der Waals surface area contributed by atoms with Gasteiger partial charge in [-0.25, -0.2) is 9.59 Å². The summed E-state index contributed by atoms with van der Waals surface area (Å²) in [4.78, 5) is 28.7. The van der Waals surface area contributed by atoms with Crippen LogP contribution in [-0.2, 0) is 30.2 Å². The van der Waals surface area contributed by atoms with Crippen LogP contribution in [0.25, 0.3) is 16.0 Å². The Morgan fingerprint density at radius 2 is 1.71 bits per heavy atom. The molecule has 0 aromatic heterocycles. The Hall–Kier alpha value is -3.69. The second-order valence-electron chi connectivity index (χ2n) is 7.59. The zero-order valence-electron chi connectivity index (χ0n) is 20.0. The molecule has 0 bridgehead atoms. The second-order valence-corrected chi connectivity index (χ2v) is 7.59. The molecule has 182 valence electrons. The standard InChI is InChI=1S/C23H27N3O8/c1-29-15-11-12-9-10-23(34-6,25-26-24)18-13(16(12)20(31-3)19(15)30-2)7-8-14(21(27)32-4)17(18)22(28)33-5/h7,11,18H,8-10H2,1-6H3/t18-,23-/m1/s1. The number of hydrogen-bond acceptors (Lipinski definition) is 9. The van der Waals surface area contributed by atoms with Crippen molar-refractivity contribution < 1.29 is 38.0 Å². The monoisotopic (exact) mass is 473 g/mol. The molecule has 0 unspecified atom stereocenters. The van der Waals surface area contributed by atoms with Gasteiger partial charge in [0, 0.05) is 17.6 Å². The highest BCUT2D eigenvalue weighted by atomic mass is 16.5. The molecular formula is C23H27N3O8. The minimum absolute atomic E-state index is 0.00536. The molecule has 0 saturated carbocycles. The van der Waals surface area contributed by atoms with E-state index in [-0.39, 0.29) is 24.0 Å². The van der Waals surface area contributed by atoms with E-state index in [1.165, 1.54) is 42.7 Å². The van der Waals surface area contributed by atoms with Crippen molar-refractivity contribution in [2.75, 3.05) is 42.7 Å². The van der Waals surface area contributed by atoms with E-state index in [1.54, 1.807) is 6.08 Å². The number of fused-ring (bicyclic) bond motifs is 3. The number of allylic oxidation sites excluding steroid dienone is 1. The maximum Gasteiger partial charge on any atom is 0.335 e. The molecule has 3 rings (SSSR count). The van der Waals surface area contributed by atoms with E-state index >= 15 is 0 Å². The van der Waals surface area contributed by atoms with Gasteiger partial charge in [-0.15, -0.1) is 0 Å². The Labute approximate surface area is 196 Å². The van der Waals surface area contributed by atoms with Gasteiger partial charge in [-0.1, -0.05) is 11.2 Å². The molecule has 11 nitrogen and oxygen atoms in total. The largest absolute Gasteiger partial charge is 0.493 e.